The summed E-state index contributed by atoms with van der Waals surface area (Å²) < 4.78 is 7.57. The van der Waals surface area contributed by atoms with Gasteiger partial charge < -0.3 is 10.1 Å². The third kappa shape index (κ3) is 4.03. The van der Waals surface area contributed by atoms with E-state index >= 15 is 0 Å². The summed E-state index contributed by atoms with van der Waals surface area (Å²) in [5, 5.41) is 7.68. The van der Waals surface area contributed by atoms with Crippen LogP contribution in [0.2, 0.25) is 0 Å². The second-order valence-electron chi connectivity index (χ2n) is 6.79. The maximum atomic E-state index is 12.8. The molecule has 5 nitrogen and oxygen atoms in total. The highest BCUT2D eigenvalue weighted by atomic mass is 16.5. The van der Waals surface area contributed by atoms with E-state index in [-0.39, 0.29) is 12.0 Å². The molecule has 5 heteroatoms. The first-order valence-electron chi connectivity index (χ1n) is 9.20. The lowest BCUT2D eigenvalue weighted by Gasteiger charge is -2.13. The third-order valence-electron chi connectivity index (χ3n) is 4.46. The lowest BCUT2D eigenvalue weighted by Crippen LogP contribution is -2.27. The minimum Gasteiger partial charge on any atom is -0.491 e. The quantitative estimate of drug-likeness (QED) is 0.875. The molecule has 134 valence electrons. The molecular formula is C20H27N3O2. The fourth-order valence-corrected chi connectivity index (χ4v) is 3.36. The summed E-state index contributed by atoms with van der Waals surface area (Å²) in [5.41, 5.74) is 4.02. The van der Waals surface area contributed by atoms with E-state index in [0.29, 0.717) is 13.1 Å². The van der Waals surface area contributed by atoms with Crippen LogP contribution in [0.25, 0.3) is 0 Å². The van der Waals surface area contributed by atoms with E-state index in [4.69, 9.17) is 4.74 Å². The van der Waals surface area contributed by atoms with Gasteiger partial charge in [-0.05, 0) is 64.2 Å². The van der Waals surface area contributed by atoms with Gasteiger partial charge in [-0.3, -0.25) is 9.48 Å². The van der Waals surface area contributed by atoms with E-state index in [1.165, 1.54) is 0 Å². The van der Waals surface area contributed by atoms with Crippen molar-refractivity contribution in [3.05, 3.63) is 46.8 Å². The van der Waals surface area contributed by atoms with E-state index in [9.17, 15) is 4.79 Å². The number of benzene rings is 1. The number of nitrogens with one attached hydrogen (secondary N) is 1. The molecule has 1 aromatic heterocycles. The van der Waals surface area contributed by atoms with Gasteiger partial charge in [0.2, 0.25) is 0 Å². The van der Waals surface area contributed by atoms with Crippen LogP contribution in [0.4, 0.5) is 0 Å². The van der Waals surface area contributed by atoms with E-state index in [1.54, 1.807) is 0 Å². The molecule has 1 heterocycles. The monoisotopic (exact) mass is 341 g/mol. The Kier molecular flexibility index (Phi) is 5.41. The van der Waals surface area contributed by atoms with Crippen LogP contribution >= 0.6 is 0 Å². The minimum absolute atomic E-state index is 0.0346. The van der Waals surface area contributed by atoms with Crippen molar-refractivity contribution in [2.24, 2.45) is 0 Å². The van der Waals surface area contributed by atoms with Crippen LogP contribution in [0.15, 0.2) is 24.3 Å². The second-order valence-corrected chi connectivity index (χ2v) is 6.79. The fraction of sp³-hybridized carbons (Fsp3) is 0.500. The average molecular weight is 341 g/mol. The standard InChI is InChI=1S/C20H27N3O2/c1-4-23-19(17-10-5-6-11-18(17)22-23)20(24)21-13-15-8-7-9-16(12-15)25-14(2)3/h7-9,12,14H,4-6,10-11,13H2,1-3H3,(H,21,24). The molecule has 0 saturated heterocycles. The van der Waals surface area contributed by atoms with Crippen molar-refractivity contribution < 1.29 is 9.53 Å². The lowest BCUT2D eigenvalue weighted by molar-refractivity contribution is 0.0939. The predicted octanol–water partition coefficient (Wildman–Crippen LogP) is 3.50. The van der Waals surface area contributed by atoms with E-state index in [0.717, 1.165) is 53.9 Å². The smallest absolute Gasteiger partial charge is 0.270 e. The van der Waals surface area contributed by atoms with Crippen LogP contribution in [-0.4, -0.2) is 21.8 Å². The Balaban J connectivity index is 1.72. The molecule has 0 radical (unpaired) electrons. The summed E-state index contributed by atoms with van der Waals surface area (Å²) in [6.07, 6.45) is 4.37. The van der Waals surface area contributed by atoms with Crippen LogP contribution in [0.1, 0.15) is 60.9 Å². The number of hydrogen-bond donors (Lipinski definition) is 1. The van der Waals surface area contributed by atoms with Crippen LogP contribution in [0.5, 0.6) is 5.75 Å². The number of ether oxygens (including phenoxy) is 1. The molecule has 3 rings (SSSR count). The van der Waals surface area contributed by atoms with Crippen molar-refractivity contribution in [1.82, 2.24) is 15.1 Å². The molecule has 1 aliphatic rings. The maximum Gasteiger partial charge on any atom is 0.270 e. The Labute approximate surface area is 149 Å². The van der Waals surface area contributed by atoms with Gasteiger partial charge >= 0.3 is 0 Å². The van der Waals surface area contributed by atoms with Crippen LogP contribution in [-0.2, 0) is 25.9 Å². The van der Waals surface area contributed by atoms with Crippen molar-refractivity contribution in [3.63, 3.8) is 0 Å². The molecular weight excluding hydrogens is 314 g/mol. The normalized spacial score (nSPS) is 13.6. The van der Waals surface area contributed by atoms with Gasteiger partial charge in [0, 0.05) is 18.7 Å². The molecule has 0 saturated carbocycles. The van der Waals surface area contributed by atoms with Gasteiger partial charge in [0.05, 0.1) is 11.8 Å². The summed E-state index contributed by atoms with van der Waals surface area (Å²) >= 11 is 0. The first-order valence-corrected chi connectivity index (χ1v) is 9.20. The molecule has 1 N–H and O–H groups in total. The molecule has 1 amide bonds. The van der Waals surface area contributed by atoms with E-state index < -0.39 is 0 Å². The predicted molar refractivity (Wildman–Crippen MR) is 97.9 cm³/mol. The number of rotatable bonds is 6. The molecule has 0 atom stereocenters. The van der Waals surface area contributed by atoms with Crippen LogP contribution < -0.4 is 10.1 Å². The molecule has 0 fully saturated rings. The Morgan fingerprint density at radius 1 is 1.32 bits per heavy atom. The highest BCUT2D eigenvalue weighted by Crippen LogP contribution is 2.24. The number of fused-ring (bicyclic) bond motifs is 1. The number of aryl methyl sites for hydroxylation is 2. The summed E-state index contributed by atoms with van der Waals surface area (Å²) in [4.78, 5) is 12.8. The summed E-state index contributed by atoms with van der Waals surface area (Å²) in [6.45, 7) is 7.24. The molecule has 0 bridgehead atoms. The lowest BCUT2D eigenvalue weighted by atomic mass is 9.95. The highest BCUT2D eigenvalue weighted by Gasteiger charge is 2.24. The molecule has 1 aromatic carbocycles. The molecule has 0 unspecified atom stereocenters. The number of hydrogen-bond acceptors (Lipinski definition) is 3. The van der Waals surface area contributed by atoms with Crippen molar-refractivity contribution in [2.45, 2.75) is 65.6 Å². The van der Waals surface area contributed by atoms with Gasteiger partial charge in [-0.15, -0.1) is 0 Å². The van der Waals surface area contributed by atoms with E-state index in [1.807, 2.05) is 49.7 Å². The summed E-state index contributed by atoms with van der Waals surface area (Å²) in [7, 11) is 0. The minimum atomic E-state index is -0.0346. The van der Waals surface area contributed by atoms with Gasteiger partial charge in [0.15, 0.2) is 0 Å². The number of aromatic nitrogens is 2. The summed E-state index contributed by atoms with van der Waals surface area (Å²) in [5.74, 6) is 0.797. The third-order valence-corrected chi connectivity index (χ3v) is 4.46. The first kappa shape index (κ1) is 17.5. The van der Waals surface area contributed by atoms with Gasteiger partial charge in [-0.2, -0.15) is 5.10 Å². The molecule has 0 spiro atoms. The molecule has 2 aromatic rings. The number of carbonyl (C=O) groups excluding carboxylic acids is 1. The number of carbonyl (C=O) groups is 1. The van der Waals surface area contributed by atoms with Crippen molar-refractivity contribution in [3.8, 4) is 5.75 Å². The Hall–Kier alpha value is -2.30. The van der Waals surface area contributed by atoms with Gasteiger partial charge in [-0.1, -0.05) is 12.1 Å². The zero-order valence-corrected chi connectivity index (χ0v) is 15.3. The fourth-order valence-electron chi connectivity index (χ4n) is 3.36. The first-order chi connectivity index (χ1) is 12.1. The SMILES string of the molecule is CCn1nc2c(c1C(=O)NCc1cccc(OC(C)C)c1)CCCC2. The zero-order chi connectivity index (χ0) is 17.8. The molecule has 0 aliphatic heterocycles. The van der Waals surface area contributed by atoms with Crippen LogP contribution in [0.3, 0.4) is 0 Å². The maximum absolute atomic E-state index is 12.8. The van der Waals surface area contributed by atoms with Crippen molar-refractivity contribution in [2.75, 3.05) is 0 Å². The van der Waals surface area contributed by atoms with E-state index in [2.05, 4.69) is 10.4 Å². The largest absolute Gasteiger partial charge is 0.491 e. The second kappa shape index (κ2) is 7.72. The highest BCUT2D eigenvalue weighted by molar-refractivity contribution is 5.94. The molecule has 1 aliphatic carbocycles. The Morgan fingerprint density at radius 3 is 2.88 bits per heavy atom. The number of amides is 1. The Morgan fingerprint density at radius 2 is 2.12 bits per heavy atom. The van der Waals surface area contributed by atoms with Gasteiger partial charge in [0.25, 0.3) is 5.91 Å². The van der Waals surface area contributed by atoms with Gasteiger partial charge in [-0.25, -0.2) is 0 Å². The van der Waals surface area contributed by atoms with Crippen molar-refractivity contribution >= 4 is 5.91 Å². The van der Waals surface area contributed by atoms with Crippen molar-refractivity contribution in [1.29, 1.82) is 0 Å². The number of nitrogens with zero attached hydrogens (tertiary/aromatic N) is 2. The topological polar surface area (TPSA) is 56.2 Å². The Bertz CT molecular complexity index is 749. The zero-order valence-electron chi connectivity index (χ0n) is 15.3. The van der Waals surface area contributed by atoms with Crippen LogP contribution in [0, 0.1) is 0 Å². The average Bonchev–Trinajstić information content (AvgIpc) is 2.98. The van der Waals surface area contributed by atoms with Gasteiger partial charge in [0.1, 0.15) is 11.4 Å². The summed E-state index contributed by atoms with van der Waals surface area (Å²) in [6, 6.07) is 7.87. The molecule has 25 heavy (non-hydrogen) atoms.